The van der Waals surface area contributed by atoms with Gasteiger partial charge in [-0.3, -0.25) is 9.59 Å². The summed E-state index contributed by atoms with van der Waals surface area (Å²) in [4.78, 5) is 25.7. The summed E-state index contributed by atoms with van der Waals surface area (Å²) in [5.74, 6) is -0.353. The topological polar surface area (TPSA) is 61.4 Å². The fraction of sp³-hybridized carbons (Fsp3) is 0.263. The van der Waals surface area contributed by atoms with Crippen molar-refractivity contribution in [3.8, 4) is 0 Å². The second kappa shape index (κ2) is 9.69. The number of hydrogen-bond acceptors (Lipinski definition) is 3. The van der Waals surface area contributed by atoms with Crippen molar-refractivity contribution in [2.45, 2.75) is 13.8 Å². The van der Waals surface area contributed by atoms with Crippen molar-refractivity contribution in [3.63, 3.8) is 0 Å². The first-order valence-corrected chi connectivity index (χ1v) is 7.86. The minimum atomic E-state index is -0.209. The Morgan fingerprint density at radius 2 is 1.68 bits per heavy atom. The van der Waals surface area contributed by atoms with Crippen LogP contribution < -0.4 is 10.6 Å². The van der Waals surface area contributed by atoms with Crippen LogP contribution in [0.5, 0.6) is 0 Å². The van der Waals surface area contributed by atoms with Gasteiger partial charge >= 0.3 is 0 Å². The fourth-order valence-corrected chi connectivity index (χ4v) is 2.25. The predicted octanol–water partition coefficient (Wildman–Crippen LogP) is 3.23. The monoisotopic (exact) mass is 361 g/mol. The lowest BCUT2D eigenvalue weighted by atomic mass is 10.1. The lowest BCUT2D eigenvalue weighted by Crippen LogP contribution is -2.38. The molecule has 6 heteroatoms. The molecule has 0 aliphatic carbocycles. The number of nitrogens with one attached hydrogen (secondary N) is 2. The summed E-state index contributed by atoms with van der Waals surface area (Å²) >= 11 is 0. The average Bonchev–Trinajstić information content (AvgIpc) is 2.57. The Morgan fingerprint density at radius 1 is 1.00 bits per heavy atom. The molecule has 0 saturated carbocycles. The zero-order valence-electron chi connectivity index (χ0n) is 14.7. The second-order valence-corrected chi connectivity index (χ2v) is 5.77. The SMILES string of the molecule is Cc1cccc(NC(=O)CN(C)C(=O)CNc2ccccc2)c1C.Cl. The molecule has 2 aromatic carbocycles. The van der Waals surface area contributed by atoms with E-state index in [1.165, 1.54) is 4.90 Å². The normalized spacial score (nSPS) is 9.72. The van der Waals surface area contributed by atoms with Crippen LogP contribution in [0.25, 0.3) is 0 Å². The van der Waals surface area contributed by atoms with Crippen molar-refractivity contribution in [1.29, 1.82) is 0 Å². The number of para-hydroxylation sites is 1. The van der Waals surface area contributed by atoms with Crippen LogP contribution in [0.4, 0.5) is 11.4 Å². The van der Waals surface area contributed by atoms with Gasteiger partial charge in [-0.1, -0.05) is 30.3 Å². The third-order valence-corrected chi connectivity index (χ3v) is 3.90. The maximum Gasteiger partial charge on any atom is 0.243 e. The summed E-state index contributed by atoms with van der Waals surface area (Å²) in [5.41, 5.74) is 3.80. The number of anilines is 2. The molecule has 0 saturated heterocycles. The highest BCUT2D eigenvalue weighted by Gasteiger charge is 2.13. The van der Waals surface area contributed by atoms with Crippen LogP contribution in [0.1, 0.15) is 11.1 Å². The van der Waals surface area contributed by atoms with Gasteiger partial charge in [0.1, 0.15) is 0 Å². The molecule has 134 valence electrons. The third-order valence-electron chi connectivity index (χ3n) is 3.90. The molecule has 2 N–H and O–H groups in total. The van der Waals surface area contributed by atoms with Gasteiger partial charge in [-0.2, -0.15) is 0 Å². The van der Waals surface area contributed by atoms with Crippen LogP contribution in [0.15, 0.2) is 48.5 Å². The quantitative estimate of drug-likeness (QED) is 0.830. The molecular formula is C19H24ClN3O2. The summed E-state index contributed by atoms with van der Waals surface area (Å²) < 4.78 is 0. The number of benzene rings is 2. The van der Waals surface area contributed by atoms with Gasteiger partial charge in [-0.25, -0.2) is 0 Å². The Hall–Kier alpha value is -2.53. The van der Waals surface area contributed by atoms with Crippen molar-refractivity contribution < 1.29 is 9.59 Å². The number of nitrogens with zero attached hydrogens (tertiary/aromatic N) is 1. The molecule has 25 heavy (non-hydrogen) atoms. The number of rotatable bonds is 6. The number of hydrogen-bond donors (Lipinski definition) is 2. The number of halogens is 1. The zero-order valence-corrected chi connectivity index (χ0v) is 15.5. The fourth-order valence-electron chi connectivity index (χ4n) is 2.25. The van der Waals surface area contributed by atoms with Gasteiger partial charge in [0.2, 0.25) is 11.8 Å². The van der Waals surface area contributed by atoms with Gasteiger partial charge in [0, 0.05) is 18.4 Å². The first-order chi connectivity index (χ1) is 11.5. The standard InChI is InChI=1S/C19H23N3O2.ClH/c1-14-8-7-11-17(15(14)2)21-18(23)13-22(3)19(24)12-20-16-9-5-4-6-10-16;/h4-11,20H,12-13H2,1-3H3,(H,21,23);1H. The van der Waals surface area contributed by atoms with Gasteiger partial charge in [-0.05, 0) is 43.2 Å². The van der Waals surface area contributed by atoms with Crippen LogP contribution in [-0.4, -0.2) is 36.9 Å². The molecule has 2 rings (SSSR count). The number of likely N-dealkylation sites (N-methyl/N-ethyl adjacent to an activating group) is 1. The van der Waals surface area contributed by atoms with E-state index in [0.717, 1.165) is 22.5 Å². The van der Waals surface area contributed by atoms with E-state index in [9.17, 15) is 9.59 Å². The van der Waals surface area contributed by atoms with Crippen molar-refractivity contribution in [1.82, 2.24) is 4.90 Å². The molecule has 0 atom stereocenters. The minimum absolute atomic E-state index is 0. The zero-order chi connectivity index (χ0) is 17.5. The molecule has 0 aromatic heterocycles. The van der Waals surface area contributed by atoms with Crippen molar-refractivity contribution in [3.05, 3.63) is 59.7 Å². The van der Waals surface area contributed by atoms with Gasteiger partial charge in [0.25, 0.3) is 0 Å². The number of carbonyl (C=O) groups excluding carboxylic acids is 2. The molecule has 2 aromatic rings. The highest BCUT2D eigenvalue weighted by Crippen LogP contribution is 2.17. The molecule has 0 unspecified atom stereocenters. The van der Waals surface area contributed by atoms with E-state index >= 15 is 0 Å². The number of amides is 2. The summed E-state index contributed by atoms with van der Waals surface area (Å²) in [5, 5.41) is 5.90. The maximum absolute atomic E-state index is 12.1. The molecule has 0 fully saturated rings. The molecule has 0 aliphatic heterocycles. The van der Waals surface area contributed by atoms with Crippen LogP contribution >= 0.6 is 12.4 Å². The van der Waals surface area contributed by atoms with E-state index in [1.807, 2.05) is 62.4 Å². The Bertz CT molecular complexity index is 720. The van der Waals surface area contributed by atoms with E-state index in [-0.39, 0.29) is 37.3 Å². The number of carbonyl (C=O) groups is 2. The Kier molecular flexibility index (Phi) is 7.95. The summed E-state index contributed by atoms with van der Waals surface area (Å²) in [7, 11) is 1.62. The molecular weight excluding hydrogens is 338 g/mol. The summed E-state index contributed by atoms with van der Waals surface area (Å²) in [6.45, 7) is 4.12. The largest absolute Gasteiger partial charge is 0.376 e. The Labute approximate surface area is 154 Å². The minimum Gasteiger partial charge on any atom is -0.376 e. The van der Waals surface area contributed by atoms with Crippen LogP contribution in [0, 0.1) is 13.8 Å². The molecule has 0 bridgehead atoms. The van der Waals surface area contributed by atoms with Crippen molar-refractivity contribution in [2.75, 3.05) is 30.8 Å². The lowest BCUT2D eigenvalue weighted by Gasteiger charge is -2.18. The van der Waals surface area contributed by atoms with E-state index < -0.39 is 0 Å². The average molecular weight is 362 g/mol. The van der Waals surface area contributed by atoms with E-state index in [4.69, 9.17) is 0 Å². The lowest BCUT2D eigenvalue weighted by molar-refractivity contribution is -0.131. The first kappa shape index (κ1) is 20.5. The molecule has 0 aliphatic rings. The first-order valence-electron chi connectivity index (χ1n) is 7.86. The summed E-state index contributed by atoms with van der Waals surface area (Å²) in [6.07, 6.45) is 0. The van der Waals surface area contributed by atoms with E-state index in [2.05, 4.69) is 10.6 Å². The summed E-state index contributed by atoms with van der Waals surface area (Å²) in [6, 6.07) is 15.2. The third kappa shape index (κ3) is 6.12. The second-order valence-electron chi connectivity index (χ2n) is 5.77. The predicted molar refractivity (Wildman–Crippen MR) is 104 cm³/mol. The Morgan fingerprint density at radius 3 is 2.36 bits per heavy atom. The highest BCUT2D eigenvalue weighted by atomic mass is 35.5. The molecule has 2 amide bonds. The smallest absolute Gasteiger partial charge is 0.243 e. The molecule has 0 radical (unpaired) electrons. The Balaban J connectivity index is 0.00000312. The van der Waals surface area contributed by atoms with Gasteiger partial charge < -0.3 is 15.5 Å². The van der Waals surface area contributed by atoms with Crippen LogP contribution in [-0.2, 0) is 9.59 Å². The molecule has 5 nitrogen and oxygen atoms in total. The maximum atomic E-state index is 12.1. The van der Waals surface area contributed by atoms with E-state index in [1.54, 1.807) is 7.05 Å². The van der Waals surface area contributed by atoms with Gasteiger partial charge in [0.05, 0.1) is 13.1 Å². The molecule has 0 heterocycles. The van der Waals surface area contributed by atoms with Crippen molar-refractivity contribution in [2.24, 2.45) is 0 Å². The highest BCUT2D eigenvalue weighted by molar-refractivity contribution is 5.95. The van der Waals surface area contributed by atoms with Gasteiger partial charge in [0.15, 0.2) is 0 Å². The van der Waals surface area contributed by atoms with Crippen LogP contribution in [0.3, 0.4) is 0 Å². The van der Waals surface area contributed by atoms with E-state index in [0.29, 0.717) is 0 Å². The number of aryl methyl sites for hydroxylation is 1. The van der Waals surface area contributed by atoms with Crippen LogP contribution in [0.2, 0.25) is 0 Å². The molecule has 0 spiro atoms. The van der Waals surface area contributed by atoms with Gasteiger partial charge in [-0.15, -0.1) is 12.4 Å². The van der Waals surface area contributed by atoms with Crippen molar-refractivity contribution >= 4 is 35.6 Å².